The van der Waals surface area contributed by atoms with Crippen LogP contribution in [-0.2, 0) is 4.79 Å². The Balaban J connectivity index is 1.57. The SMILES string of the molecule is CN=Cc1c(N)cccc1C(=N)c1cccc(C)c1Nc1ccc(N2CCC(C(=O)O)CC2)nc1. The lowest BCUT2D eigenvalue weighted by molar-refractivity contribution is -0.142. The number of nitrogens with two attached hydrogens (primary N) is 1. The maximum absolute atomic E-state index is 11.2. The summed E-state index contributed by atoms with van der Waals surface area (Å²) in [4.78, 5) is 22.0. The lowest BCUT2D eigenvalue weighted by Gasteiger charge is -2.31. The highest BCUT2D eigenvalue weighted by molar-refractivity contribution is 6.18. The molecule has 35 heavy (non-hydrogen) atoms. The fourth-order valence-corrected chi connectivity index (χ4v) is 4.41. The minimum Gasteiger partial charge on any atom is -0.481 e. The van der Waals surface area contributed by atoms with Crippen LogP contribution in [0.4, 0.5) is 22.9 Å². The number of nitrogens with one attached hydrogen (secondary N) is 2. The summed E-state index contributed by atoms with van der Waals surface area (Å²) in [5, 5.41) is 21.6. The Morgan fingerprint density at radius 3 is 2.54 bits per heavy atom. The highest BCUT2D eigenvalue weighted by Gasteiger charge is 2.25. The molecule has 1 aliphatic heterocycles. The molecule has 0 unspecified atom stereocenters. The molecule has 0 radical (unpaired) electrons. The summed E-state index contributed by atoms with van der Waals surface area (Å²) in [6.07, 6.45) is 4.71. The van der Waals surface area contributed by atoms with Crippen molar-refractivity contribution in [1.29, 1.82) is 5.41 Å². The van der Waals surface area contributed by atoms with Gasteiger partial charge in [-0.1, -0.05) is 30.3 Å². The number of piperidine rings is 1. The number of para-hydroxylation sites is 1. The van der Waals surface area contributed by atoms with Gasteiger partial charge in [0.1, 0.15) is 5.82 Å². The van der Waals surface area contributed by atoms with Crippen LogP contribution in [0.15, 0.2) is 59.7 Å². The van der Waals surface area contributed by atoms with E-state index >= 15 is 0 Å². The first-order valence-electron chi connectivity index (χ1n) is 11.6. The summed E-state index contributed by atoms with van der Waals surface area (Å²) in [5.74, 6) is -0.157. The van der Waals surface area contributed by atoms with E-state index in [1.807, 2.05) is 49.4 Å². The third kappa shape index (κ3) is 5.16. The van der Waals surface area contributed by atoms with Crippen molar-refractivity contribution in [3.63, 3.8) is 0 Å². The van der Waals surface area contributed by atoms with E-state index in [1.54, 1.807) is 25.5 Å². The zero-order valence-electron chi connectivity index (χ0n) is 20.0. The smallest absolute Gasteiger partial charge is 0.306 e. The molecular weight excluding hydrogens is 440 g/mol. The third-order valence-electron chi connectivity index (χ3n) is 6.39. The second-order valence-electron chi connectivity index (χ2n) is 8.70. The van der Waals surface area contributed by atoms with Gasteiger partial charge in [0.2, 0.25) is 0 Å². The van der Waals surface area contributed by atoms with E-state index in [1.165, 1.54) is 0 Å². The van der Waals surface area contributed by atoms with Gasteiger partial charge in [-0.25, -0.2) is 4.98 Å². The maximum Gasteiger partial charge on any atom is 0.306 e. The van der Waals surface area contributed by atoms with Gasteiger partial charge in [-0.15, -0.1) is 0 Å². The standard InChI is InChI=1S/C27H30N6O2/c1-17-5-3-7-21(25(29)20-6-4-8-23(28)22(20)16-30-2)26(17)32-19-9-10-24(31-15-19)33-13-11-18(12-14-33)27(34)35/h3-10,15-16,18,29,32H,11-14,28H2,1-2H3,(H,34,35). The van der Waals surface area contributed by atoms with E-state index in [4.69, 9.17) is 11.1 Å². The minimum atomic E-state index is -0.718. The van der Waals surface area contributed by atoms with Crippen LogP contribution in [0.2, 0.25) is 0 Å². The van der Waals surface area contributed by atoms with E-state index in [-0.39, 0.29) is 5.92 Å². The van der Waals surface area contributed by atoms with Crippen molar-refractivity contribution in [2.45, 2.75) is 19.8 Å². The summed E-state index contributed by atoms with van der Waals surface area (Å²) >= 11 is 0. The molecule has 1 fully saturated rings. The summed E-state index contributed by atoms with van der Waals surface area (Å²) in [6, 6.07) is 15.3. The molecule has 2 heterocycles. The lowest BCUT2D eigenvalue weighted by atomic mass is 9.94. The number of hydrogen-bond acceptors (Lipinski definition) is 7. The first-order chi connectivity index (χ1) is 16.9. The fraction of sp³-hybridized carbons (Fsp3) is 0.259. The zero-order valence-corrected chi connectivity index (χ0v) is 20.0. The van der Waals surface area contributed by atoms with E-state index < -0.39 is 5.97 Å². The molecule has 5 N–H and O–H groups in total. The van der Waals surface area contributed by atoms with E-state index in [0.29, 0.717) is 42.9 Å². The molecule has 3 aromatic rings. The quantitative estimate of drug-likeness (QED) is 0.298. The molecule has 0 amide bonds. The van der Waals surface area contributed by atoms with Gasteiger partial charge in [-0.3, -0.25) is 15.2 Å². The van der Waals surface area contributed by atoms with E-state index in [2.05, 4.69) is 20.2 Å². The molecule has 180 valence electrons. The molecular formula is C27H30N6O2. The van der Waals surface area contributed by atoms with Crippen LogP contribution in [0.25, 0.3) is 0 Å². The van der Waals surface area contributed by atoms with E-state index in [9.17, 15) is 9.90 Å². The number of carboxylic acid groups (broad SMARTS) is 1. The maximum atomic E-state index is 11.2. The van der Waals surface area contributed by atoms with Gasteiger partial charge in [0, 0.05) is 48.7 Å². The van der Waals surface area contributed by atoms with Crippen LogP contribution in [-0.4, -0.2) is 48.1 Å². The molecule has 8 nitrogen and oxygen atoms in total. The number of rotatable bonds is 7. The number of aromatic nitrogens is 1. The summed E-state index contributed by atoms with van der Waals surface area (Å²) in [5.41, 5.74) is 11.9. The van der Waals surface area contributed by atoms with Crippen molar-refractivity contribution in [2.24, 2.45) is 10.9 Å². The second kappa shape index (κ2) is 10.4. The van der Waals surface area contributed by atoms with Gasteiger partial charge < -0.3 is 21.1 Å². The van der Waals surface area contributed by atoms with Crippen LogP contribution in [0, 0.1) is 18.3 Å². The van der Waals surface area contributed by atoms with Crippen LogP contribution in [0.1, 0.15) is 35.1 Å². The zero-order chi connectivity index (χ0) is 24.9. The highest BCUT2D eigenvalue weighted by Crippen LogP contribution is 2.30. The van der Waals surface area contributed by atoms with Gasteiger partial charge >= 0.3 is 5.97 Å². The van der Waals surface area contributed by atoms with Gasteiger partial charge in [0.15, 0.2) is 0 Å². The van der Waals surface area contributed by atoms with Gasteiger partial charge in [0.05, 0.1) is 29.2 Å². The average Bonchev–Trinajstić information content (AvgIpc) is 2.86. The van der Waals surface area contributed by atoms with Crippen molar-refractivity contribution in [2.75, 3.05) is 36.1 Å². The van der Waals surface area contributed by atoms with Gasteiger partial charge in [0.25, 0.3) is 0 Å². The summed E-state index contributed by atoms with van der Waals surface area (Å²) in [6.45, 7) is 3.36. The summed E-state index contributed by atoms with van der Waals surface area (Å²) < 4.78 is 0. The Morgan fingerprint density at radius 1 is 1.17 bits per heavy atom. The molecule has 8 heteroatoms. The van der Waals surface area contributed by atoms with Crippen molar-refractivity contribution in [3.8, 4) is 0 Å². The number of nitrogen functional groups attached to an aromatic ring is 1. The molecule has 0 spiro atoms. The predicted molar refractivity (Wildman–Crippen MR) is 142 cm³/mol. The number of anilines is 4. The molecule has 0 bridgehead atoms. The fourth-order valence-electron chi connectivity index (χ4n) is 4.41. The monoisotopic (exact) mass is 470 g/mol. The molecule has 1 aromatic heterocycles. The number of hydrogen-bond donors (Lipinski definition) is 4. The normalized spacial score (nSPS) is 14.3. The number of aliphatic carboxylic acids is 1. The van der Waals surface area contributed by atoms with E-state index in [0.717, 1.165) is 33.9 Å². The molecule has 1 saturated heterocycles. The Hall–Kier alpha value is -4.20. The molecule has 1 aliphatic rings. The van der Waals surface area contributed by atoms with Gasteiger partial charge in [-0.05, 0) is 43.5 Å². The Kier molecular flexibility index (Phi) is 7.10. The number of aryl methyl sites for hydroxylation is 1. The Morgan fingerprint density at radius 2 is 1.89 bits per heavy atom. The third-order valence-corrected chi connectivity index (χ3v) is 6.39. The first kappa shape index (κ1) is 23.9. The van der Waals surface area contributed by atoms with Crippen molar-refractivity contribution >= 4 is 40.8 Å². The highest BCUT2D eigenvalue weighted by atomic mass is 16.4. The van der Waals surface area contributed by atoms with Crippen molar-refractivity contribution in [3.05, 3.63) is 77.0 Å². The molecule has 0 saturated carbocycles. The predicted octanol–water partition coefficient (Wildman–Crippen LogP) is 4.48. The number of pyridine rings is 1. The van der Waals surface area contributed by atoms with Crippen LogP contribution in [0.3, 0.4) is 0 Å². The number of carbonyl (C=O) groups is 1. The van der Waals surface area contributed by atoms with Crippen molar-refractivity contribution in [1.82, 2.24) is 4.98 Å². The largest absolute Gasteiger partial charge is 0.481 e. The number of carboxylic acids is 1. The second-order valence-corrected chi connectivity index (χ2v) is 8.70. The molecule has 2 aromatic carbocycles. The van der Waals surface area contributed by atoms with Crippen LogP contribution < -0.4 is 16.0 Å². The Labute approximate surface area is 205 Å². The Bertz CT molecular complexity index is 1260. The van der Waals surface area contributed by atoms with Gasteiger partial charge in [-0.2, -0.15) is 0 Å². The number of benzene rings is 2. The first-order valence-corrected chi connectivity index (χ1v) is 11.6. The lowest BCUT2D eigenvalue weighted by Crippen LogP contribution is -2.36. The average molecular weight is 471 g/mol. The minimum absolute atomic E-state index is 0.272. The molecule has 0 atom stereocenters. The number of aliphatic imine (C=N–C) groups is 1. The van der Waals surface area contributed by atoms with Crippen LogP contribution in [0.5, 0.6) is 0 Å². The van der Waals surface area contributed by atoms with Crippen LogP contribution >= 0.6 is 0 Å². The molecule has 4 rings (SSSR count). The number of nitrogens with zero attached hydrogens (tertiary/aromatic N) is 3. The summed E-state index contributed by atoms with van der Waals surface area (Å²) in [7, 11) is 1.69. The molecule has 0 aliphatic carbocycles. The topological polar surface area (TPSA) is 128 Å². The van der Waals surface area contributed by atoms with Crippen molar-refractivity contribution < 1.29 is 9.90 Å².